The fourth-order valence-corrected chi connectivity index (χ4v) is 7.79. The quantitative estimate of drug-likeness (QED) is 0.301. The van der Waals surface area contributed by atoms with Crippen LogP contribution in [0.4, 0.5) is 10.1 Å². The largest absolute Gasteiger partial charge is 0.497 e. The molecular formula is C35H46FN3O9S2. The zero-order chi connectivity index (χ0) is 36.6. The summed E-state index contributed by atoms with van der Waals surface area (Å²) in [6.45, 7) is 5.44. The van der Waals surface area contributed by atoms with Crippen LogP contribution in [0.25, 0.3) is 0 Å². The third-order valence-corrected chi connectivity index (χ3v) is 11.9. The van der Waals surface area contributed by atoms with E-state index >= 15 is 0 Å². The summed E-state index contributed by atoms with van der Waals surface area (Å²) >= 11 is 0. The van der Waals surface area contributed by atoms with Crippen molar-refractivity contribution in [3.05, 3.63) is 78.1 Å². The Hall–Kier alpha value is -3.76. The van der Waals surface area contributed by atoms with Gasteiger partial charge in [0, 0.05) is 38.3 Å². The average molecular weight is 736 g/mol. The Balaban J connectivity index is 1.66. The second-order valence-electron chi connectivity index (χ2n) is 12.5. The molecule has 12 nitrogen and oxygen atoms in total. The number of carbonyl (C=O) groups excluding carboxylic acids is 1. The summed E-state index contributed by atoms with van der Waals surface area (Å²) in [6.07, 6.45) is 1.09. The van der Waals surface area contributed by atoms with E-state index in [-0.39, 0.29) is 52.6 Å². The lowest BCUT2D eigenvalue weighted by Gasteiger charge is -2.35. The highest BCUT2D eigenvalue weighted by molar-refractivity contribution is 7.92. The van der Waals surface area contributed by atoms with Crippen LogP contribution in [-0.4, -0.2) is 95.8 Å². The molecule has 50 heavy (non-hydrogen) atoms. The highest BCUT2D eigenvalue weighted by atomic mass is 32.2. The number of amides is 1. The maximum absolute atomic E-state index is 14.4. The number of aliphatic hydroxyl groups excluding tert-OH is 1. The number of anilines is 1. The monoisotopic (exact) mass is 735 g/mol. The normalized spacial score (nSPS) is 20.4. The van der Waals surface area contributed by atoms with Gasteiger partial charge in [0.2, 0.25) is 10.0 Å². The number of nitrogens with one attached hydrogen (secondary N) is 1. The van der Waals surface area contributed by atoms with Crippen LogP contribution >= 0.6 is 0 Å². The van der Waals surface area contributed by atoms with Crippen LogP contribution in [0.2, 0.25) is 0 Å². The van der Waals surface area contributed by atoms with Crippen molar-refractivity contribution < 1.29 is 45.3 Å². The molecule has 0 unspecified atom stereocenters. The van der Waals surface area contributed by atoms with Gasteiger partial charge in [0.1, 0.15) is 17.3 Å². The van der Waals surface area contributed by atoms with Gasteiger partial charge in [-0.05, 0) is 99.8 Å². The number of methoxy groups -OCH3 is 1. The molecule has 4 rings (SSSR count). The molecule has 0 saturated heterocycles. The molecule has 1 amide bonds. The number of sulfonamides is 2. The molecule has 0 spiro atoms. The number of hydrogen-bond donors (Lipinski definition) is 2. The standard InChI is InChI=1S/C35H46FN3O9S2/c1-24-21-39(25(2)23-40)35(41)32-20-28(37-49(42,43)30-14-9-27(36)10-15-30)11-18-33(32)48-26(3)8-6-7-19-47-34(24)22-38(4)50(44,45)31-16-12-29(46-5)13-17-31/h9-18,20,24-26,34,37,40H,6-8,19,21-23H2,1-5H3/t24-,25-,26+,34-/m1/s1. The van der Waals surface area contributed by atoms with Gasteiger partial charge in [0.15, 0.2) is 0 Å². The molecular weight excluding hydrogens is 690 g/mol. The summed E-state index contributed by atoms with van der Waals surface area (Å²) in [5.74, 6) is -0.759. The Bertz CT molecular complexity index is 1810. The summed E-state index contributed by atoms with van der Waals surface area (Å²) < 4.78 is 88.0. The topological polar surface area (TPSA) is 152 Å². The zero-order valence-electron chi connectivity index (χ0n) is 28.9. The van der Waals surface area contributed by atoms with E-state index in [1.165, 1.54) is 53.7 Å². The lowest BCUT2D eigenvalue weighted by Crippen LogP contribution is -2.48. The van der Waals surface area contributed by atoms with Gasteiger partial charge in [0.05, 0.1) is 47.3 Å². The third-order valence-electron chi connectivity index (χ3n) is 8.63. The van der Waals surface area contributed by atoms with Crippen LogP contribution < -0.4 is 14.2 Å². The minimum absolute atomic E-state index is 0.00349. The van der Waals surface area contributed by atoms with Crippen LogP contribution in [0.5, 0.6) is 11.5 Å². The van der Waals surface area contributed by atoms with Gasteiger partial charge in [-0.15, -0.1) is 0 Å². The minimum Gasteiger partial charge on any atom is -0.497 e. The smallest absolute Gasteiger partial charge is 0.261 e. The van der Waals surface area contributed by atoms with E-state index in [9.17, 15) is 31.1 Å². The fraction of sp³-hybridized carbons (Fsp3) is 0.457. The first-order chi connectivity index (χ1) is 23.7. The van der Waals surface area contributed by atoms with Crippen LogP contribution in [-0.2, 0) is 24.8 Å². The highest BCUT2D eigenvalue weighted by Gasteiger charge is 2.32. The molecule has 0 saturated carbocycles. The predicted molar refractivity (Wildman–Crippen MR) is 187 cm³/mol. The van der Waals surface area contributed by atoms with Crippen molar-refractivity contribution in [1.29, 1.82) is 0 Å². The first kappa shape index (κ1) is 39.0. The Labute approximate surface area is 294 Å². The van der Waals surface area contributed by atoms with E-state index in [1.807, 2.05) is 13.8 Å². The molecule has 2 N–H and O–H groups in total. The van der Waals surface area contributed by atoms with E-state index in [0.29, 0.717) is 25.2 Å². The second kappa shape index (κ2) is 17.0. The van der Waals surface area contributed by atoms with Crippen molar-refractivity contribution >= 4 is 31.6 Å². The number of hydrogen-bond acceptors (Lipinski definition) is 9. The van der Waals surface area contributed by atoms with Crippen molar-refractivity contribution in [3.8, 4) is 11.5 Å². The number of ether oxygens (including phenoxy) is 3. The molecule has 4 atom stereocenters. The number of benzene rings is 3. The van der Waals surface area contributed by atoms with Crippen molar-refractivity contribution in [1.82, 2.24) is 9.21 Å². The van der Waals surface area contributed by atoms with E-state index in [4.69, 9.17) is 14.2 Å². The predicted octanol–water partition coefficient (Wildman–Crippen LogP) is 4.75. The molecule has 0 bridgehead atoms. The minimum atomic E-state index is -4.13. The Kier molecular flexibility index (Phi) is 13.2. The molecule has 0 fully saturated rings. The summed E-state index contributed by atoms with van der Waals surface area (Å²) in [7, 11) is -5.05. The molecule has 0 aliphatic carbocycles. The van der Waals surface area contributed by atoms with Crippen LogP contribution in [0.3, 0.4) is 0 Å². The van der Waals surface area contributed by atoms with E-state index in [1.54, 1.807) is 19.1 Å². The highest BCUT2D eigenvalue weighted by Crippen LogP contribution is 2.30. The Morgan fingerprint density at radius 1 is 1.02 bits per heavy atom. The van der Waals surface area contributed by atoms with E-state index in [0.717, 1.165) is 30.7 Å². The number of likely N-dealkylation sites (N-methyl/N-ethyl adjacent to an activating group) is 1. The third kappa shape index (κ3) is 9.72. The Morgan fingerprint density at radius 2 is 1.68 bits per heavy atom. The molecule has 15 heteroatoms. The molecule has 274 valence electrons. The van der Waals surface area contributed by atoms with Gasteiger partial charge in [-0.25, -0.2) is 21.2 Å². The van der Waals surface area contributed by atoms with E-state index in [2.05, 4.69) is 4.72 Å². The van der Waals surface area contributed by atoms with Gasteiger partial charge in [-0.2, -0.15) is 4.31 Å². The molecule has 0 aromatic heterocycles. The van der Waals surface area contributed by atoms with Crippen molar-refractivity contribution in [3.63, 3.8) is 0 Å². The maximum atomic E-state index is 14.4. The van der Waals surface area contributed by atoms with Crippen LogP contribution in [0.15, 0.2) is 76.5 Å². The molecule has 1 heterocycles. The lowest BCUT2D eigenvalue weighted by atomic mass is 10.0. The zero-order valence-corrected chi connectivity index (χ0v) is 30.5. The van der Waals surface area contributed by atoms with Crippen LogP contribution in [0, 0.1) is 11.7 Å². The number of nitrogens with zero attached hydrogens (tertiary/aromatic N) is 2. The van der Waals surface area contributed by atoms with Gasteiger partial charge in [-0.3, -0.25) is 9.52 Å². The summed E-state index contributed by atoms with van der Waals surface area (Å²) in [4.78, 5) is 15.8. The molecule has 3 aromatic rings. The first-order valence-corrected chi connectivity index (χ1v) is 19.3. The van der Waals surface area contributed by atoms with Gasteiger partial charge in [0.25, 0.3) is 15.9 Å². The molecule has 1 aliphatic heterocycles. The summed E-state index contributed by atoms with van der Waals surface area (Å²) in [5.41, 5.74) is 0.146. The lowest BCUT2D eigenvalue weighted by molar-refractivity contribution is -0.00834. The van der Waals surface area contributed by atoms with E-state index < -0.39 is 49.8 Å². The number of fused-ring (bicyclic) bond motifs is 1. The average Bonchev–Trinajstić information content (AvgIpc) is 3.09. The maximum Gasteiger partial charge on any atom is 0.261 e. The number of aliphatic hydroxyl groups is 1. The van der Waals surface area contributed by atoms with Gasteiger partial charge in [-0.1, -0.05) is 6.92 Å². The van der Waals surface area contributed by atoms with Crippen molar-refractivity contribution in [2.75, 3.05) is 45.2 Å². The molecule has 3 aromatic carbocycles. The van der Waals surface area contributed by atoms with Crippen LogP contribution in [0.1, 0.15) is 50.4 Å². The van der Waals surface area contributed by atoms with Crippen molar-refractivity contribution in [2.24, 2.45) is 5.92 Å². The summed E-state index contributed by atoms with van der Waals surface area (Å²) in [6, 6.07) is 14.1. The first-order valence-electron chi connectivity index (χ1n) is 16.4. The summed E-state index contributed by atoms with van der Waals surface area (Å²) in [5, 5.41) is 10.2. The number of rotatable bonds is 10. The van der Waals surface area contributed by atoms with Crippen molar-refractivity contribution in [2.45, 2.75) is 68.1 Å². The second-order valence-corrected chi connectivity index (χ2v) is 16.3. The SMILES string of the molecule is COc1ccc(S(=O)(=O)N(C)C[C@H]2OCCCC[C@H](C)Oc3ccc(NS(=O)(=O)c4ccc(F)cc4)cc3C(=O)N([C@H](C)CO)C[C@H]2C)cc1. The molecule has 1 aliphatic rings. The Morgan fingerprint density at radius 3 is 2.32 bits per heavy atom. The van der Waals surface area contributed by atoms with Gasteiger partial charge >= 0.3 is 0 Å². The molecule has 0 radical (unpaired) electrons. The number of halogens is 1. The number of carbonyl (C=O) groups is 1. The van der Waals surface area contributed by atoms with Gasteiger partial charge < -0.3 is 24.2 Å². The fourth-order valence-electron chi connectivity index (χ4n) is 5.56.